The lowest BCUT2D eigenvalue weighted by Crippen LogP contribution is -1.85. The van der Waals surface area contributed by atoms with Gasteiger partial charge in [-0.25, -0.2) is 0 Å². The van der Waals surface area contributed by atoms with E-state index in [1.807, 2.05) is 0 Å². The Morgan fingerprint density at radius 3 is 1.25 bits per heavy atom. The summed E-state index contributed by atoms with van der Waals surface area (Å²) < 4.78 is 29.0. The number of aliphatic hydroxyl groups excluding tert-OH is 1. The van der Waals surface area contributed by atoms with Crippen molar-refractivity contribution in [1.29, 1.82) is 0 Å². The number of hydrogen-bond donors (Lipinski definition) is 1. The predicted molar refractivity (Wildman–Crippen MR) is 26.4 cm³/mol. The molecule has 5 heteroatoms. The zero-order valence-electron chi connectivity index (χ0n) is 4.74. The second kappa shape index (κ2) is 6.81. The van der Waals surface area contributed by atoms with Gasteiger partial charge in [0.1, 0.15) is 0 Å². The fourth-order valence-corrected chi connectivity index (χ4v) is 0. The first-order valence-electron chi connectivity index (χ1n) is 2.07. The zero-order chi connectivity index (χ0) is 7.15. The van der Waals surface area contributed by atoms with Crippen LogP contribution in [0.3, 0.4) is 0 Å². The van der Waals surface area contributed by atoms with Crippen LogP contribution in [-0.2, 0) is 0 Å². The molecular formula is C3H8BF3O. The predicted octanol–water partition coefficient (Wildman–Crippen LogP) is 1.27. The van der Waals surface area contributed by atoms with Crippen LogP contribution in [-0.4, -0.2) is 18.8 Å². The number of aliphatic hydroxyl groups is 1. The fraction of sp³-hybridized carbons (Fsp3) is 1.00. The molecule has 0 aliphatic rings. The summed E-state index contributed by atoms with van der Waals surface area (Å²) in [6.07, 6.45) is -0.167. The second-order valence-corrected chi connectivity index (χ2v) is 1.34. The van der Waals surface area contributed by atoms with E-state index in [0.29, 0.717) is 0 Å². The van der Waals surface area contributed by atoms with Crippen LogP contribution in [0.15, 0.2) is 0 Å². The van der Waals surface area contributed by atoms with E-state index in [1.165, 1.54) is 0 Å². The zero-order valence-corrected chi connectivity index (χ0v) is 4.74. The Hall–Kier alpha value is -0.185. The summed E-state index contributed by atoms with van der Waals surface area (Å²) in [7, 11) is -3.67. The van der Waals surface area contributed by atoms with E-state index in [1.54, 1.807) is 13.8 Å². The topological polar surface area (TPSA) is 20.2 Å². The maximum atomic E-state index is 9.67. The Bertz CT molecular complexity index is 30.0. The lowest BCUT2D eigenvalue weighted by atomic mass is 10.5. The van der Waals surface area contributed by atoms with Crippen LogP contribution in [0, 0.1) is 0 Å². The van der Waals surface area contributed by atoms with Crippen LogP contribution < -0.4 is 0 Å². The van der Waals surface area contributed by atoms with Gasteiger partial charge in [-0.3, -0.25) is 12.9 Å². The number of hydrogen-bond acceptors (Lipinski definition) is 1. The molecule has 0 unspecified atom stereocenters. The van der Waals surface area contributed by atoms with Crippen LogP contribution in [0.1, 0.15) is 13.8 Å². The molecule has 1 nitrogen and oxygen atoms in total. The summed E-state index contributed by atoms with van der Waals surface area (Å²) in [5, 5.41) is 8.06. The SMILES string of the molecule is CC(C)O.FB(F)F. The molecule has 0 rings (SSSR count). The van der Waals surface area contributed by atoms with Crippen molar-refractivity contribution >= 4 is 7.54 Å². The largest absolute Gasteiger partial charge is 0.762 e. The highest BCUT2D eigenvalue weighted by atomic mass is 19.4. The molecule has 0 saturated heterocycles. The van der Waals surface area contributed by atoms with Gasteiger partial charge in [0.25, 0.3) is 0 Å². The van der Waals surface area contributed by atoms with Gasteiger partial charge in [-0.05, 0) is 13.8 Å². The summed E-state index contributed by atoms with van der Waals surface area (Å²) in [5.74, 6) is 0. The summed E-state index contributed by atoms with van der Waals surface area (Å²) in [4.78, 5) is 0. The van der Waals surface area contributed by atoms with E-state index in [0.717, 1.165) is 0 Å². The minimum Gasteiger partial charge on any atom is -0.394 e. The standard InChI is InChI=1S/C3H8O.BF3/c1-3(2)4;2-1(3)4/h3-4H,1-2H3;. The highest BCUT2D eigenvalue weighted by molar-refractivity contribution is 6.33. The molecule has 0 atom stereocenters. The summed E-state index contributed by atoms with van der Waals surface area (Å²) in [5.41, 5.74) is 0. The molecule has 0 aliphatic heterocycles. The molecule has 1 N–H and O–H groups in total. The highest BCUT2D eigenvalue weighted by Crippen LogP contribution is 1.80. The molecule has 50 valence electrons. The van der Waals surface area contributed by atoms with Gasteiger partial charge in [0.15, 0.2) is 0 Å². The third-order valence-electron chi connectivity index (χ3n) is 0. The molecule has 0 radical (unpaired) electrons. The molecule has 0 aliphatic carbocycles. The summed E-state index contributed by atoms with van der Waals surface area (Å²) in [6.45, 7) is 3.44. The Labute approximate surface area is 46.7 Å². The molecule has 0 saturated carbocycles. The molecular weight excluding hydrogens is 120 g/mol. The van der Waals surface area contributed by atoms with Crippen LogP contribution in [0.4, 0.5) is 12.9 Å². The Balaban J connectivity index is 0. The monoisotopic (exact) mass is 128 g/mol. The lowest BCUT2D eigenvalue weighted by molar-refractivity contribution is 0.216. The Morgan fingerprint density at radius 2 is 1.25 bits per heavy atom. The third-order valence-corrected chi connectivity index (χ3v) is 0. The van der Waals surface area contributed by atoms with Gasteiger partial charge < -0.3 is 5.11 Å². The maximum absolute atomic E-state index is 9.67. The molecule has 0 bridgehead atoms. The first-order valence-corrected chi connectivity index (χ1v) is 2.07. The van der Waals surface area contributed by atoms with Crippen LogP contribution in [0.2, 0.25) is 0 Å². The van der Waals surface area contributed by atoms with Gasteiger partial charge in [0.2, 0.25) is 0 Å². The minimum absolute atomic E-state index is 0.167. The van der Waals surface area contributed by atoms with E-state index in [4.69, 9.17) is 5.11 Å². The summed E-state index contributed by atoms with van der Waals surface area (Å²) in [6, 6.07) is 0. The van der Waals surface area contributed by atoms with Crippen molar-refractivity contribution < 1.29 is 18.1 Å². The molecule has 0 aromatic heterocycles. The quantitative estimate of drug-likeness (QED) is 0.487. The van der Waals surface area contributed by atoms with Gasteiger partial charge in [0.05, 0.1) is 0 Å². The summed E-state index contributed by atoms with van der Waals surface area (Å²) >= 11 is 0. The molecule has 8 heavy (non-hydrogen) atoms. The van der Waals surface area contributed by atoms with Crippen LogP contribution in [0.25, 0.3) is 0 Å². The molecule has 0 fully saturated rings. The number of rotatable bonds is 0. The molecule has 0 heterocycles. The van der Waals surface area contributed by atoms with Crippen molar-refractivity contribution in [2.45, 2.75) is 20.0 Å². The van der Waals surface area contributed by atoms with E-state index in [9.17, 15) is 12.9 Å². The van der Waals surface area contributed by atoms with E-state index < -0.39 is 7.54 Å². The van der Waals surface area contributed by atoms with Gasteiger partial charge in [0, 0.05) is 6.10 Å². The van der Waals surface area contributed by atoms with Gasteiger partial charge in [-0.15, -0.1) is 0 Å². The fourth-order valence-electron chi connectivity index (χ4n) is 0. The highest BCUT2D eigenvalue weighted by Gasteiger charge is 2.06. The number of halogens is 3. The normalized spacial score (nSPS) is 7.88. The first-order chi connectivity index (χ1) is 3.46. The minimum atomic E-state index is -3.67. The van der Waals surface area contributed by atoms with Gasteiger partial charge in [-0.1, -0.05) is 0 Å². The van der Waals surface area contributed by atoms with Crippen LogP contribution in [0.5, 0.6) is 0 Å². The van der Waals surface area contributed by atoms with E-state index in [2.05, 4.69) is 0 Å². The maximum Gasteiger partial charge on any atom is 0.762 e. The lowest BCUT2D eigenvalue weighted by Gasteiger charge is -1.80. The van der Waals surface area contributed by atoms with Crippen molar-refractivity contribution in [3.63, 3.8) is 0 Å². The van der Waals surface area contributed by atoms with Crippen molar-refractivity contribution in [3.8, 4) is 0 Å². The average molecular weight is 128 g/mol. The molecule has 0 aromatic rings. The van der Waals surface area contributed by atoms with Gasteiger partial charge >= 0.3 is 7.54 Å². The van der Waals surface area contributed by atoms with Crippen molar-refractivity contribution in [2.75, 3.05) is 0 Å². The van der Waals surface area contributed by atoms with Crippen molar-refractivity contribution in [2.24, 2.45) is 0 Å². The molecule has 0 amide bonds. The van der Waals surface area contributed by atoms with E-state index in [-0.39, 0.29) is 6.10 Å². The first kappa shape index (κ1) is 10.7. The third kappa shape index (κ3) is 3940. The van der Waals surface area contributed by atoms with Crippen molar-refractivity contribution in [3.05, 3.63) is 0 Å². The smallest absolute Gasteiger partial charge is 0.394 e. The Kier molecular flexibility index (Phi) is 9.14. The van der Waals surface area contributed by atoms with Gasteiger partial charge in [-0.2, -0.15) is 0 Å². The Morgan fingerprint density at radius 1 is 1.25 bits per heavy atom. The molecule has 0 aromatic carbocycles. The van der Waals surface area contributed by atoms with Crippen LogP contribution >= 0.6 is 0 Å². The van der Waals surface area contributed by atoms with E-state index >= 15 is 0 Å². The second-order valence-electron chi connectivity index (χ2n) is 1.34. The average Bonchev–Trinajstić information content (AvgIpc) is 1.25. The molecule has 0 spiro atoms. The van der Waals surface area contributed by atoms with Crippen molar-refractivity contribution in [1.82, 2.24) is 0 Å².